The van der Waals surface area contributed by atoms with Gasteiger partial charge in [0.2, 0.25) is 11.9 Å². The quantitative estimate of drug-likeness (QED) is 0.792. The lowest BCUT2D eigenvalue weighted by atomic mass is 9.96. The van der Waals surface area contributed by atoms with E-state index < -0.39 is 0 Å². The van der Waals surface area contributed by atoms with Crippen LogP contribution in [0.25, 0.3) is 5.65 Å². The van der Waals surface area contributed by atoms with Crippen LogP contribution in [0.3, 0.4) is 0 Å². The van der Waals surface area contributed by atoms with Crippen molar-refractivity contribution in [2.75, 3.05) is 5.32 Å². The summed E-state index contributed by atoms with van der Waals surface area (Å²) in [5.74, 6) is 0.818. The molecule has 3 heterocycles. The molecule has 1 unspecified atom stereocenters. The standard InChI is InChI=1S/C15H16ClN5O2/c1-8(14-9(2)20-23-10(14)3)6-13(22)18-15-17-12-5-4-11(16)7-21(12)19-15/h4-5,7-8H,6H2,1-3H3,(H,18,19,22). The van der Waals surface area contributed by atoms with E-state index in [9.17, 15) is 4.79 Å². The van der Waals surface area contributed by atoms with Gasteiger partial charge in [0.1, 0.15) is 5.76 Å². The first-order chi connectivity index (χ1) is 10.9. The van der Waals surface area contributed by atoms with Crippen LogP contribution >= 0.6 is 11.6 Å². The van der Waals surface area contributed by atoms with Crippen LogP contribution in [0.1, 0.15) is 36.3 Å². The van der Waals surface area contributed by atoms with Crippen molar-refractivity contribution in [3.8, 4) is 0 Å². The predicted octanol–water partition coefficient (Wildman–Crippen LogP) is 3.12. The van der Waals surface area contributed by atoms with Crippen molar-refractivity contribution in [1.82, 2.24) is 19.8 Å². The number of aryl methyl sites for hydroxylation is 2. The lowest BCUT2D eigenvalue weighted by molar-refractivity contribution is -0.116. The SMILES string of the molecule is Cc1noc(C)c1C(C)CC(=O)Nc1nc2ccc(Cl)cn2n1. The van der Waals surface area contributed by atoms with Gasteiger partial charge in [-0.05, 0) is 31.9 Å². The van der Waals surface area contributed by atoms with Crippen molar-refractivity contribution in [1.29, 1.82) is 0 Å². The summed E-state index contributed by atoms with van der Waals surface area (Å²) in [6.45, 7) is 5.67. The molecule has 1 atom stereocenters. The minimum atomic E-state index is -0.167. The number of nitrogens with one attached hydrogen (secondary N) is 1. The Balaban J connectivity index is 1.71. The molecule has 7 nitrogen and oxygen atoms in total. The van der Waals surface area contributed by atoms with Gasteiger partial charge in [0.15, 0.2) is 5.65 Å². The Bertz CT molecular complexity index is 851. The number of fused-ring (bicyclic) bond motifs is 1. The maximum atomic E-state index is 12.2. The Labute approximate surface area is 137 Å². The molecule has 0 bridgehead atoms. The molecule has 0 aliphatic rings. The Morgan fingerprint density at radius 3 is 2.91 bits per heavy atom. The lowest BCUT2D eigenvalue weighted by Crippen LogP contribution is -2.16. The summed E-state index contributed by atoms with van der Waals surface area (Å²) < 4.78 is 6.67. The van der Waals surface area contributed by atoms with Crippen LogP contribution < -0.4 is 5.32 Å². The zero-order valence-electron chi connectivity index (χ0n) is 13.0. The van der Waals surface area contributed by atoms with Gasteiger partial charge in [0.25, 0.3) is 0 Å². The van der Waals surface area contributed by atoms with E-state index in [2.05, 4.69) is 20.6 Å². The smallest absolute Gasteiger partial charge is 0.249 e. The summed E-state index contributed by atoms with van der Waals surface area (Å²) in [6.07, 6.45) is 1.92. The molecule has 0 spiro atoms. The van der Waals surface area contributed by atoms with Crippen LogP contribution in [-0.4, -0.2) is 25.7 Å². The lowest BCUT2D eigenvalue weighted by Gasteiger charge is -2.09. The van der Waals surface area contributed by atoms with Crippen LogP contribution in [0.5, 0.6) is 0 Å². The third kappa shape index (κ3) is 3.19. The molecule has 0 aliphatic carbocycles. The van der Waals surface area contributed by atoms with Crippen LogP contribution in [0.2, 0.25) is 5.02 Å². The number of nitrogens with zero attached hydrogens (tertiary/aromatic N) is 4. The first kappa shape index (κ1) is 15.5. The molecule has 23 heavy (non-hydrogen) atoms. The number of amides is 1. The second-order valence-corrected chi connectivity index (χ2v) is 5.91. The molecule has 3 aromatic rings. The molecule has 0 fully saturated rings. The zero-order valence-corrected chi connectivity index (χ0v) is 13.8. The molecule has 3 aromatic heterocycles. The number of hydrogen-bond donors (Lipinski definition) is 1. The first-order valence-corrected chi connectivity index (χ1v) is 7.56. The van der Waals surface area contributed by atoms with E-state index in [1.54, 1.807) is 18.3 Å². The fourth-order valence-electron chi connectivity index (χ4n) is 2.66. The van der Waals surface area contributed by atoms with Crippen LogP contribution in [0.15, 0.2) is 22.9 Å². The van der Waals surface area contributed by atoms with E-state index in [1.165, 1.54) is 4.52 Å². The number of pyridine rings is 1. The van der Waals surface area contributed by atoms with Gasteiger partial charge in [-0.1, -0.05) is 23.7 Å². The maximum Gasteiger partial charge on any atom is 0.249 e. The minimum Gasteiger partial charge on any atom is -0.361 e. The Morgan fingerprint density at radius 2 is 2.22 bits per heavy atom. The minimum absolute atomic E-state index is 0.00674. The summed E-state index contributed by atoms with van der Waals surface area (Å²) in [5, 5.41) is 11.4. The Morgan fingerprint density at radius 1 is 1.43 bits per heavy atom. The normalized spacial score (nSPS) is 12.5. The largest absolute Gasteiger partial charge is 0.361 e. The number of hydrogen-bond acceptors (Lipinski definition) is 5. The van der Waals surface area contributed by atoms with Gasteiger partial charge in [-0.3, -0.25) is 10.1 Å². The van der Waals surface area contributed by atoms with E-state index in [0.717, 1.165) is 17.0 Å². The summed E-state index contributed by atoms with van der Waals surface area (Å²) in [6, 6.07) is 3.45. The molecule has 3 rings (SSSR count). The van der Waals surface area contributed by atoms with Crippen molar-refractivity contribution in [3.63, 3.8) is 0 Å². The number of aromatic nitrogens is 4. The van der Waals surface area contributed by atoms with Crippen molar-refractivity contribution in [3.05, 3.63) is 40.4 Å². The fraction of sp³-hybridized carbons (Fsp3) is 0.333. The third-order valence-electron chi connectivity index (χ3n) is 3.62. The average molecular weight is 334 g/mol. The van der Waals surface area contributed by atoms with E-state index in [1.807, 2.05) is 20.8 Å². The van der Waals surface area contributed by atoms with Gasteiger partial charge in [0, 0.05) is 18.2 Å². The molecular formula is C15H16ClN5O2. The number of carbonyl (C=O) groups is 1. The maximum absolute atomic E-state index is 12.2. The highest BCUT2D eigenvalue weighted by Crippen LogP contribution is 2.26. The zero-order chi connectivity index (χ0) is 16.6. The predicted molar refractivity (Wildman–Crippen MR) is 85.6 cm³/mol. The van der Waals surface area contributed by atoms with Crippen LogP contribution in [-0.2, 0) is 4.79 Å². The molecule has 0 saturated heterocycles. The Kier molecular flexibility index (Phi) is 4.04. The highest BCUT2D eigenvalue weighted by Gasteiger charge is 2.20. The molecule has 1 amide bonds. The van der Waals surface area contributed by atoms with Crippen molar-refractivity contribution >= 4 is 29.1 Å². The first-order valence-electron chi connectivity index (χ1n) is 7.18. The number of halogens is 1. The van der Waals surface area contributed by atoms with Gasteiger partial charge in [0.05, 0.1) is 10.7 Å². The van der Waals surface area contributed by atoms with Crippen LogP contribution in [0.4, 0.5) is 5.95 Å². The molecular weight excluding hydrogens is 318 g/mol. The number of rotatable bonds is 4. The molecule has 0 saturated carbocycles. The van der Waals surface area contributed by atoms with Crippen molar-refractivity contribution < 1.29 is 9.32 Å². The van der Waals surface area contributed by atoms with E-state index in [4.69, 9.17) is 16.1 Å². The van der Waals surface area contributed by atoms with E-state index >= 15 is 0 Å². The van der Waals surface area contributed by atoms with Gasteiger partial charge < -0.3 is 4.52 Å². The Hall–Kier alpha value is -2.41. The number of carbonyl (C=O) groups excluding carboxylic acids is 1. The van der Waals surface area contributed by atoms with E-state index in [0.29, 0.717) is 17.1 Å². The summed E-state index contributed by atoms with van der Waals surface area (Å²) in [4.78, 5) is 16.4. The fourth-order valence-corrected chi connectivity index (χ4v) is 2.82. The average Bonchev–Trinajstić information content (AvgIpc) is 3.00. The monoisotopic (exact) mass is 333 g/mol. The second kappa shape index (κ2) is 6.00. The van der Waals surface area contributed by atoms with Crippen molar-refractivity contribution in [2.45, 2.75) is 33.1 Å². The van der Waals surface area contributed by atoms with Gasteiger partial charge in [-0.15, -0.1) is 5.10 Å². The molecule has 0 aliphatic heterocycles. The highest BCUT2D eigenvalue weighted by molar-refractivity contribution is 6.30. The molecule has 0 radical (unpaired) electrons. The second-order valence-electron chi connectivity index (χ2n) is 5.48. The highest BCUT2D eigenvalue weighted by atomic mass is 35.5. The third-order valence-corrected chi connectivity index (χ3v) is 3.84. The molecule has 8 heteroatoms. The van der Waals surface area contributed by atoms with E-state index in [-0.39, 0.29) is 17.8 Å². The molecule has 1 N–H and O–H groups in total. The molecule has 120 valence electrons. The number of anilines is 1. The van der Waals surface area contributed by atoms with Gasteiger partial charge in [-0.2, -0.15) is 4.98 Å². The summed E-state index contributed by atoms with van der Waals surface area (Å²) in [5.41, 5.74) is 2.39. The molecule has 0 aromatic carbocycles. The van der Waals surface area contributed by atoms with Crippen LogP contribution in [0, 0.1) is 13.8 Å². The summed E-state index contributed by atoms with van der Waals surface area (Å²) >= 11 is 5.90. The van der Waals surface area contributed by atoms with Gasteiger partial charge >= 0.3 is 0 Å². The van der Waals surface area contributed by atoms with Crippen molar-refractivity contribution in [2.24, 2.45) is 0 Å². The summed E-state index contributed by atoms with van der Waals surface area (Å²) in [7, 11) is 0. The topological polar surface area (TPSA) is 85.3 Å². The van der Waals surface area contributed by atoms with Gasteiger partial charge in [-0.25, -0.2) is 4.52 Å².